The second-order valence-electron chi connectivity index (χ2n) is 7.36. The Labute approximate surface area is 183 Å². The van der Waals surface area contributed by atoms with Crippen molar-refractivity contribution in [3.63, 3.8) is 0 Å². The number of hydrogen-bond acceptors (Lipinski definition) is 5. The Morgan fingerprint density at radius 3 is 1.39 bits per heavy atom. The van der Waals surface area contributed by atoms with E-state index in [1.165, 1.54) is 0 Å². The SMILES string of the molecule is CCc1ccc(NS(C)(=O)=O)cc1-c1ccc(-c2cc(NS(C)(=O)=O)ccc2CC)o1. The molecule has 2 N–H and O–H groups in total. The van der Waals surface area contributed by atoms with Crippen molar-refractivity contribution in [1.82, 2.24) is 0 Å². The van der Waals surface area contributed by atoms with Crippen molar-refractivity contribution in [2.45, 2.75) is 26.7 Å². The maximum absolute atomic E-state index is 11.6. The van der Waals surface area contributed by atoms with Crippen LogP contribution in [0.1, 0.15) is 25.0 Å². The predicted octanol–water partition coefficient (Wildman–Crippen LogP) is 4.48. The van der Waals surface area contributed by atoms with Crippen LogP contribution in [-0.4, -0.2) is 29.3 Å². The molecule has 0 fully saturated rings. The van der Waals surface area contributed by atoms with Gasteiger partial charge in [-0.3, -0.25) is 9.44 Å². The molecular formula is C22H26N2O5S2. The Morgan fingerprint density at radius 2 is 1.06 bits per heavy atom. The molecule has 9 heteroatoms. The molecule has 166 valence electrons. The minimum atomic E-state index is -3.40. The standard InChI is InChI=1S/C22H26N2O5S2/c1-5-15-7-9-17(23-30(3,25)26)13-19(15)21-11-12-22(29-21)20-14-18(24-31(4,27)28)10-8-16(20)6-2/h7-14,23-24H,5-6H2,1-4H3. The van der Waals surface area contributed by atoms with E-state index >= 15 is 0 Å². The molecule has 1 aromatic heterocycles. The van der Waals surface area contributed by atoms with Crippen LogP contribution in [0.5, 0.6) is 0 Å². The van der Waals surface area contributed by atoms with E-state index in [4.69, 9.17) is 4.42 Å². The summed E-state index contributed by atoms with van der Waals surface area (Å²) in [5.41, 5.74) is 4.55. The summed E-state index contributed by atoms with van der Waals surface area (Å²) < 4.78 is 57.6. The van der Waals surface area contributed by atoms with Crippen molar-refractivity contribution in [1.29, 1.82) is 0 Å². The van der Waals surface area contributed by atoms with E-state index < -0.39 is 20.0 Å². The first-order valence-corrected chi connectivity index (χ1v) is 13.6. The number of benzene rings is 2. The molecular weight excluding hydrogens is 436 g/mol. The van der Waals surface area contributed by atoms with E-state index in [0.29, 0.717) is 22.9 Å². The molecule has 3 aromatic rings. The summed E-state index contributed by atoms with van der Waals surface area (Å²) in [6, 6.07) is 14.4. The number of sulfonamides is 2. The minimum Gasteiger partial charge on any atom is -0.456 e. The van der Waals surface area contributed by atoms with Gasteiger partial charge in [-0.15, -0.1) is 0 Å². The number of hydrogen-bond donors (Lipinski definition) is 2. The monoisotopic (exact) mass is 462 g/mol. The van der Waals surface area contributed by atoms with Crippen LogP contribution >= 0.6 is 0 Å². The van der Waals surface area contributed by atoms with Gasteiger partial charge in [0, 0.05) is 22.5 Å². The number of anilines is 2. The predicted molar refractivity (Wildman–Crippen MR) is 125 cm³/mol. The zero-order chi connectivity index (χ0) is 22.8. The third kappa shape index (κ3) is 5.89. The van der Waals surface area contributed by atoms with Crippen LogP contribution in [0, 0.1) is 0 Å². The van der Waals surface area contributed by atoms with E-state index in [1.54, 1.807) is 24.3 Å². The molecule has 0 spiro atoms. The number of furan rings is 1. The van der Waals surface area contributed by atoms with Crippen LogP contribution in [0.4, 0.5) is 11.4 Å². The Morgan fingerprint density at radius 1 is 0.677 bits per heavy atom. The molecule has 7 nitrogen and oxygen atoms in total. The van der Waals surface area contributed by atoms with Gasteiger partial charge in [-0.25, -0.2) is 16.8 Å². The van der Waals surface area contributed by atoms with Gasteiger partial charge in [0.2, 0.25) is 20.0 Å². The van der Waals surface area contributed by atoms with Crippen molar-refractivity contribution in [3.8, 4) is 22.6 Å². The third-order valence-electron chi connectivity index (χ3n) is 4.72. The number of nitrogens with one attached hydrogen (secondary N) is 2. The molecule has 2 aromatic carbocycles. The van der Waals surface area contributed by atoms with E-state index in [2.05, 4.69) is 9.44 Å². The highest BCUT2D eigenvalue weighted by Gasteiger charge is 2.15. The summed E-state index contributed by atoms with van der Waals surface area (Å²) in [6.07, 6.45) is 3.71. The van der Waals surface area contributed by atoms with Crippen LogP contribution in [-0.2, 0) is 32.9 Å². The van der Waals surface area contributed by atoms with Gasteiger partial charge in [0.25, 0.3) is 0 Å². The van der Waals surface area contributed by atoms with E-state index in [9.17, 15) is 16.8 Å². The molecule has 0 saturated carbocycles. The van der Waals surface area contributed by atoms with Gasteiger partial charge in [0.05, 0.1) is 12.5 Å². The van der Waals surface area contributed by atoms with Crippen LogP contribution in [0.2, 0.25) is 0 Å². The van der Waals surface area contributed by atoms with Gasteiger partial charge in [0.1, 0.15) is 11.5 Å². The highest BCUT2D eigenvalue weighted by molar-refractivity contribution is 7.92. The highest BCUT2D eigenvalue weighted by atomic mass is 32.2. The first-order valence-electron chi connectivity index (χ1n) is 9.81. The lowest BCUT2D eigenvalue weighted by Gasteiger charge is -2.11. The molecule has 0 aliphatic rings. The molecule has 0 saturated heterocycles. The Kier molecular flexibility index (Phi) is 6.47. The number of rotatable bonds is 8. The summed E-state index contributed by atoms with van der Waals surface area (Å²) in [7, 11) is -6.80. The van der Waals surface area contributed by atoms with Crippen LogP contribution in [0.3, 0.4) is 0 Å². The van der Waals surface area contributed by atoms with Crippen LogP contribution in [0.15, 0.2) is 52.9 Å². The molecule has 0 bridgehead atoms. The lowest BCUT2D eigenvalue weighted by molar-refractivity contribution is 0.595. The summed E-state index contributed by atoms with van der Waals surface area (Å²) in [5, 5.41) is 0. The maximum Gasteiger partial charge on any atom is 0.229 e. The second kappa shape index (κ2) is 8.76. The molecule has 0 amide bonds. The molecule has 1 heterocycles. The minimum absolute atomic E-state index is 0.459. The molecule has 0 aliphatic heterocycles. The van der Waals surface area contributed by atoms with Crippen molar-refractivity contribution in [3.05, 3.63) is 59.7 Å². The first-order chi connectivity index (χ1) is 14.5. The lowest BCUT2D eigenvalue weighted by atomic mass is 10.0. The fourth-order valence-corrected chi connectivity index (χ4v) is 4.52. The average molecular weight is 463 g/mol. The van der Waals surface area contributed by atoms with Gasteiger partial charge < -0.3 is 4.42 Å². The van der Waals surface area contributed by atoms with Crippen molar-refractivity contribution >= 4 is 31.4 Å². The average Bonchev–Trinajstić information content (AvgIpc) is 3.15. The normalized spacial score (nSPS) is 12.0. The van der Waals surface area contributed by atoms with Gasteiger partial charge in [0.15, 0.2) is 0 Å². The number of aryl methyl sites for hydroxylation is 2. The Hall–Kier alpha value is -2.78. The quantitative estimate of drug-likeness (QED) is 0.513. The van der Waals surface area contributed by atoms with Gasteiger partial charge >= 0.3 is 0 Å². The Balaban J connectivity index is 2.06. The lowest BCUT2D eigenvalue weighted by Crippen LogP contribution is -2.09. The summed E-state index contributed by atoms with van der Waals surface area (Å²) in [4.78, 5) is 0. The Bertz CT molecular complexity index is 1210. The fourth-order valence-electron chi connectivity index (χ4n) is 3.41. The van der Waals surface area contributed by atoms with Crippen molar-refractivity contribution in [2.24, 2.45) is 0 Å². The van der Waals surface area contributed by atoms with Gasteiger partial charge in [-0.2, -0.15) is 0 Å². The van der Waals surface area contributed by atoms with E-state index in [1.807, 2.05) is 38.1 Å². The molecule has 31 heavy (non-hydrogen) atoms. The molecule has 0 unspecified atom stereocenters. The van der Waals surface area contributed by atoms with Crippen molar-refractivity contribution < 1.29 is 21.3 Å². The maximum atomic E-state index is 11.6. The van der Waals surface area contributed by atoms with Gasteiger partial charge in [-0.1, -0.05) is 26.0 Å². The molecule has 0 radical (unpaired) electrons. The topological polar surface area (TPSA) is 105 Å². The first kappa shape index (κ1) is 22.9. The van der Waals surface area contributed by atoms with E-state index in [-0.39, 0.29) is 0 Å². The largest absolute Gasteiger partial charge is 0.456 e. The smallest absolute Gasteiger partial charge is 0.229 e. The van der Waals surface area contributed by atoms with Gasteiger partial charge in [-0.05, 0) is 60.4 Å². The highest BCUT2D eigenvalue weighted by Crippen LogP contribution is 2.35. The molecule has 0 aliphatic carbocycles. The summed E-state index contributed by atoms with van der Waals surface area (Å²) in [6.45, 7) is 4.03. The zero-order valence-electron chi connectivity index (χ0n) is 17.9. The molecule has 3 rings (SSSR count). The zero-order valence-corrected chi connectivity index (χ0v) is 19.5. The van der Waals surface area contributed by atoms with Crippen LogP contribution in [0.25, 0.3) is 22.6 Å². The third-order valence-corrected chi connectivity index (χ3v) is 5.94. The second-order valence-corrected chi connectivity index (χ2v) is 10.9. The van der Waals surface area contributed by atoms with E-state index in [0.717, 1.165) is 47.6 Å². The molecule has 0 atom stereocenters. The summed E-state index contributed by atoms with van der Waals surface area (Å²) >= 11 is 0. The summed E-state index contributed by atoms with van der Waals surface area (Å²) in [5.74, 6) is 1.21. The fraction of sp³-hybridized carbons (Fsp3) is 0.273. The van der Waals surface area contributed by atoms with Crippen molar-refractivity contribution in [2.75, 3.05) is 22.0 Å². The van der Waals surface area contributed by atoms with Crippen LogP contribution < -0.4 is 9.44 Å².